The van der Waals surface area contributed by atoms with E-state index in [-0.39, 0.29) is 12.3 Å². The summed E-state index contributed by atoms with van der Waals surface area (Å²) >= 11 is 6.04. The van der Waals surface area contributed by atoms with Crippen LogP contribution >= 0.6 is 11.6 Å². The van der Waals surface area contributed by atoms with Crippen molar-refractivity contribution in [2.24, 2.45) is 5.10 Å². The van der Waals surface area contributed by atoms with Gasteiger partial charge in [0.1, 0.15) is 5.75 Å². The van der Waals surface area contributed by atoms with E-state index in [9.17, 15) is 4.79 Å². The van der Waals surface area contributed by atoms with Gasteiger partial charge in [-0.2, -0.15) is 5.10 Å². The number of hydrazone groups is 1. The van der Waals surface area contributed by atoms with Gasteiger partial charge in [-0.3, -0.25) is 9.78 Å². The highest BCUT2D eigenvalue weighted by Crippen LogP contribution is 2.22. The zero-order chi connectivity index (χ0) is 15.1. The van der Waals surface area contributed by atoms with E-state index in [1.54, 1.807) is 43.8 Å². The third kappa shape index (κ3) is 4.57. The van der Waals surface area contributed by atoms with Crippen molar-refractivity contribution < 1.29 is 9.53 Å². The summed E-state index contributed by atoms with van der Waals surface area (Å²) in [6.45, 7) is 0. The molecule has 2 rings (SSSR count). The molecule has 0 aliphatic heterocycles. The largest absolute Gasteiger partial charge is 0.497 e. The number of amides is 1. The molecular formula is C15H14ClN3O2. The maximum Gasteiger partial charge on any atom is 0.244 e. The summed E-state index contributed by atoms with van der Waals surface area (Å²) in [7, 11) is 1.56. The first-order chi connectivity index (χ1) is 10.2. The number of nitrogens with one attached hydrogen (secondary N) is 1. The van der Waals surface area contributed by atoms with Gasteiger partial charge in [0.25, 0.3) is 0 Å². The van der Waals surface area contributed by atoms with Crippen molar-refractivity contribution in [1.29, 1.82) is 0 Å². The molecule has 2 aromatic rings. The number of rotatable bonds is 5. The number of carbonyl (C=O) groups excluding carboxylic acids is 1. The van der Waals surface area contributed by atoms with Crippen molar-refractivity contribution in [1.82, 2.24) is 10.4 Å². The Morgan fingerprint density at radius 3 is 3.05 bits per heavy atom. The normalized spacial score (nSPS) is 10.6. The van der Waals surface area contributed by atoms with Crippen molar-refractivity contribution in [2.45, 2.75) is 6.42 Å². The molecule has 0 bridgehead atoms. The number of methoxy groups -OCH3 is 1. The highest BCUT2D eigenvalue weighted by molar-refractivity contribution is 6.31. The molecule has 1 aromatic heterocycles. The molecule has 0 saturated carbocycles. The van der Waals surface area contributed by atoms with Gasteiger partial charge in [0.05, 0.1) is 19.7 Å². The fourth-order valence-corrected chi connectivity index (χ4v) is 1.84. The molecule has 1 N–H and O–H groups in total. The van der Waals surface area contributed by atoms with Crippen LogP contribution in [0.5, 0.6) is 5.75 Å². The maximum atomic E-state index is 11.8. The molecule has 21 heavy (non-hydrogen) atoms. The van der Waals surface area contributed by atoms with E-state index in [0.717, 1.165) is 5.56 Å². The van der Waals surface area contributed by atoms with E-state index in [1.807, 2.05) is 6.07 Å². The molecule has 0 unspecified atom stereocenters. The van der Waals surface area contributed by atoms with Gasteiger partial charge in [-0.1, -0.05) is 17.7 Å². The summed E-state index contributed by atoms with van der Waals surface area (Å²) in [5.74, 6) is 0.395. The maximum absolute atomic E-state index is 11.8. The molecule has 0 atom stereocenters. The molecule has 1 aromatic carbocycles. The smallest absolute Gasteiger partial charge is 0.244 e. The molecule has 6 heteroatoms. The Balaban J connectivity index is 1.94. The van der Waals surface area contributed by atoms with Crippen LogP contribution in [0.25, 0.3) is 0 Å². The lowest BCUT2D eigenvalue weighted by Gasteiger charge is -2.06. The summed E-state index contributed by atoms with van der Waals surface area (Å²) in [6, 6.07) is 8.79. The third-order valence-electron chi connectivity index (χ3n) is 2.69. The van der Waals surface area contributed by atoms with Gasteiger partial charge in [0, 0.05) is 23.0 Å². The van der Waals surface area contributed by atoms with Crippen LogP contribution in [0.2, 0.25) is 5.02 Å². The van der Waals surface area contributed by atoms with E-state index >= 15 is 0 Å². The number of pyridine rings is 1. The molecule has 1 heterocycles. The predicted molar refractivity (Wildman–Crippen MR) is 81.7 cm³/mol. The Bertz CT molecular complexity index is 645. The summed E-state index contributed by atoms with van der Waals surface area (Å²) in [4.78, 5) is 15.8. The van der Waals surface area contributed by atoms with E-state index < -0.39 is 0 Å². The fourth-order valence-electron chi connectivity index (χ4n) is 1.66. The summed E-state index contributed by atoms with van der Waals surface area (Å²) in [5.41, 5.74) is 3.94. The first-order valence-electron chi connectivity index (χ1n) is 6.23. The zero-order valence-corrected chi connectivity index (χ0v) is 12.2. The minimum absolute atomic E-state index is 0.125. The van der Waals surface area contributed by atoms with E-state index in [4.69, 9.17) is 16.3 Å². The second-order valence-corrected chi connectivity index (χ2v) is 4.62. The van der Waals surface area contributed by atoms with Crippen LogP contribution < -0.4 is 10.2 Å². The van der Waals surface area contributed by atoms with Crippen LogP contribution in [-0.4, -0.2) is 24.2 Å². The summed E-state index contributed by atoms with van der Waals surface area (Å²) in [6.07, 6.45) is 4.97. The molecule has 0 aliphatic carbocycles. The van der Waals surface area contributed by atoms with Crippen LogP contribution in [0.3, 0.4) is 0 Å². The average Bonchev–Trinajstić information content (AvgIpc) is 2.50. The van der Waals surface area contributed by atoms with Crippen LogP contribution in [0, 0.1) is 0 Å². The molecule has 1 amide bonds. The van der Waals surface area contributed by atoms with Gasteiger partial charge < -0.3 is 4.74 Å². The first kappa shape index (κ1) is 15.0. The molecule has 0 radical (unpaired) electrons. The number of hydrogen-bond acceptors (Lipinski definition) is 4. The van der Waals surface area contributed by atoms with Gasteiger partial charge in [-0.15, -0.1) is 0 Å². The summed E-state index contributed by atoms with van der Waals surface area (Å²) in [5, 5.41) is 4.39. The van der Waals surface area contributed by atoms with Crippen molar-refractivity contribution in [3.63, 3.8) is 0 Å². The van der Waals surface area contributed by atoms with Crippen LogP contribution in [0.1, 0.15) is 11.1 Å². The van der Waals surface area contributed by atoms with E-state index in [0.29, 0.717) is 16.3 Å². The van der Waals surface area contributed by atoms with E-state index in [1.165, 1.54) is 6.21 Å². The van der Waals surface area contributed by atoms with Crippen molar-refractivity contribution in [3.8, 4) is 5.75 Å². The lowest BCUT2D eigenvalue weighted by Crippen LogP contribution is -2.20. The van der Waals surface area contributed by atoms with Crippen molar-refractivity contribution >= 4 is 23.7 Å². The van der Waals surface area contributed by atoms with Gasteiger partial charge in [0.15, 0.2) is 0 Å². The van der Waals surface area contributed by atoms with Crippen LogP contribution in [0.15, 0.2) is 47.8 Å². The third-order valence-corrected chi connectivity index (χ3v) is 3.06. The Morgan fingerprint density at radius 2 is 2.33 bits per heavy atom. The molecule has 0 aliphatic rings. The molecule has 0 saturated heterocycles. The minimum Gasteiger partial charge on any atom is -0.497 e. The van der Waals surface area contributed by atoms with Crippen molar-refractivity contribution in [2.75, 3.05) is 7.11 Å². The molecule has 5 nitrogen and oxygen atoms in total. The highest BCUT2D eigenvalue weighted by atomic mass is 35.5. The fraction of sp³-hybridized carbons (Fsp3) is 0.133. The zero-order valence-electron chi connectivity index (χ0n) is 11.4. The minimum atomic E-state index is -0.259. The number of nitrogens with zero attached hydrogens (tertiary/aromatic N) is 2. The molecule has 0 spiro atoms. The number of ether oxygens (including phenoxy) is 1. The number of halogens is 1. The second-order valence-electron chi connectivity index (χ2n) is 4.21. The standard InChI is InChI=1S/C15H14ClN3O2/c1-21-13-4-5-14(16)12(7-13)8-15(20)19-18-10-11-3-2-6-17-9-11/h2-7,9-10H,8H2,1H3,(H,19,20)/b18-10+. The van der Waals surface area contributed by atoms with Crippen LogP contribution in [0.4, 0.5) is 0 Å². The quantitative estimate of drug-likeness (QED) is 0.681. The Kier molecular flexibility index (Phi) is 5.29. The average molecular weight is 304 g/mol. The van der Waals surface area contributed by atoms with Gasteiger partial charge >= 0.3 is 0 Å². The van der Waals surface area contributed by atoms with Crippen molar-refractivity contribution in [3.05, 3.63) is 58.9 Å². The molecule has 108 valence electrons. The van der Waals surface area contributed by atoms with Gasteiger partial charge in [-0.25, -0.2) is 5.43 Å². The predicted octanol–water partition coefficient (Wildman–Crippen LogP) is 2.44. The lowest BCUT2D eigenvalue weighted by atomic mass is 10.1. The molecule has 0 fully saturated rings. The monoisotopic (exact) mass is 303 g/mol. The van der Waals surface area contributed by atoms with Gasteiger partial charge in [-0.05, 0) is 29.8 Å². The number of benzene rings is 1. The van der Waals surface area contributed by atoms with Crippen LogP contribution in [-0.2, 0) is 11.2 Å². The second kappa shape index (κ2) is 7.40. The number of carbonyl (C=O) groups is 1. The highest BCUT2D eigenvalue weighted by Gasteiger charge is 2.07. The van der Waals surface area contributed by atoms with Gasteiger partial charge in [0.2, 0.25) is 5.91 Å². The first-order valence-corrected chi connectivity index (χ1v) is 6.61. The number of aromatic nitrogens is 1. The molecular weight excluding hydrogens is 290 g/mol. The summed E-state index contributed by atoms with van der Waals surface area (Å²) < 4.78 is 5.10. The topological polar surface area (TPSA) is 63.6 Å². The van der Waals surface area contributed by atoms with E-state index in [2.05, 4.69) is 15.5 Å². The lowest BCUT2D eigenvalue weighted by molar-refractivity contribution is -0.120. The number of hydrogen-bond donors (Lipinski definition) is 1. The Hall–Kier alpha value is -2.40. The Labute approximate surface area is 127 Å². The Morgan fingerprint density at radius 1 is 1.48 bits per heavy atom. The SMILES string of the molecule is COc1ccc(Cl)c(CC(=O)N/N=C/c2cccnc2)c1.